The molecule has 2 aromatic carbocycles. The number of aliphatic hydroxyl groups excluding tert-OH is 1. The molecule has 1 fully saturated rings. The van der Waals surface area contributed by atoms with E-state index in [-0.39, 0.29) is 6.61 Å². The van der Waals surface area contributed by atoms with E-state index in [2.05, 4.69) is 64.4 Å². The number of rotatable bonds is 10. The number of methoxy groups -OCH3 is 1. The van der Waals surface area contributed by atoms with Gasteiger partial charge in [-0.15, -0.1) is 0 Å². The molecule has 0 aromatic heterocycles. The van der Waals surface area contributed by atoms with Crippen molar-refractivity contribution in [3.8, 4) is 5.75 Å². The second-order valence-electron chi connectivity index (χ2n) is 7.73. The molecule has 0 aliphatic carbocycles. The molecule has 29 heavy (non-hydrogen) atoms. The Morgan fingerprint density at radius 1 is 1.07 bits per heavy atom. The molecule has 1 aliphatic heterocycles. The number of ether oxygens (including phenoxy) is 1. The smallest absolute Gasteiger partial charge is 0.118 e. The minimum absolute atomic E-state index is 0.259. The highest BCUT2D eigenvalue weighted by Gasteiger charge is 2.25. The summed E-state index contributed by atoms with van der Waals surface area (Å²) < 4.78 is 5.21. The first-order valence-corrected chi connectivity index (χ1v) is 10.7. The van der Waals surface area contributed by atoms with Crippen LogP contribution in [0, 0.1) is 0 Å². The Morgan fingerprint density at radius 2 is 1.86 bits per heavy atom. The monoisotopic (exact) mass is 394 g/mol. The van der Waals surface area contributed by atoms with Gasteiger partial charge in [0.25, 0.3) is 0 Å². The molecule has 0 bridgehead atoms. The molecule has 2 aromatic rings. The molecule has 0 saturated carbocycles. The standard InChI is InChI=1S/C25H34N2O2/c1-29-25-13-11-23(12-14-25)9-5-16-26-18-19-27(24(21-26)15-20-28)17-6-10-22-7-3-2-4-8-22/h2-5,7-9,11-14,24,28H,6,10,15-21H2,1H3/b9-5+. The molecular weight excluding hydrogens is 360 g/mol. The van der Waals surface area contributed by atoms with Crippen LogP contribution in [0.4, 0.5) is 0 Å². The van der Waals surface area contributed by atoms with Crippen molar-refractivity contribution in [2.75, 3.05) is 46.4 Å². The van der Waals surface area contributed by atoms with E-state index in [0.29, 0.717) is 6.04 Å². The van der Waals surface area contributed by atoms with Crippen molar-refractivity contribution < 1.29 is 9.84 Å². The summed E-state index contributed by atoms with van der Waals surface area (Å²) in [6.45, 7) is 5.51. The zero-order chi connectivity index (χ0) is 20.3. The third-order valence-electron chi connectivity index (χ3n) is 5.69. The molecule has 4 nitrogen and oxygen atoms in total. The maximum absolute atomic E-state index is 9.52. The van der Waals surface area contributed by atoms with Gasteiger partial charge in [0.05, 0.1) is 7.11 Å². The van der Waals surface area contributed by atoms with Crippen LogP contribution in [0.3, 0.4) is 0 Å². The Balaban J connectivity index is 1.45. The molecule has 3 rings (SSSR count). The predicted molar refractivity (Wildman–Crippen MR) is 120 cm³/mol. The SMILES string of the molecule is COc1ccc(/C=C/CN2CCN(CCCc3ccccc3)C(CCO)C2)cc1. The van der Waals surface area contributed by atoms with Gasteiger partial charge < -0.3 is 9.84 Å². The van der Waals surface area contributed by atoms with Crippen molar-refractivity contribution >= 4 is 6.08 Å². The second kappa shape index (κ2) is 11.8. The highest BCUT2D eigenvalue weighted by molar-refractivity contribution is 5.50. The van der Waals surface area contributed by atoms with Crippen LogP contribution in [-0.2, 0) is 6.42 Å². The summed E-state index contributed by atoms with van der Waals surface area (Å²) in [5.74, 6) is 0.886. The minimum Gasteiger partial charge on any atom is -0.497 e. The van der Waals surface area contributed by atoms with Crippen LogP contribution in [0.2, 0.25) is 0 Å². The molecule has 1 N–H and O–H groups in total. The van der Waals surface area contributed by atoms with Gasteiger partial charge in [0.1, 0.15) is 5.75 Å². The lowest BCUT2D eigenvalue weighted by Crippen LogP contribution is -2.53. The first-order valence-electron chi connectivity index (χ1n) is 10.7. The van der Waals surface area contributed by atoms with Crippen LogP contribution in [0.15, 0.2) is 60.7 Å². The lowest BCUT2D eigenvalue weighted by atomic mass is 10.1. The number of hydrogen-bond donors (Lipinski definition) is 1. The second-order valence-corrected chi connectivity index (χ2v) is 7.73. The lowest BCUT2D eigenvalue weighted by Gasteiger charge is -2.41. The van der Waals surface area contributed by atoms with Crippen molar-refractivity contribution in [3.63, 3.8) is 0 Å². The molecule has 1 atom stereocenters. The number of nitrogens with zero attached hydrogens (tertiary/aromatic N) is 2. The molecule has 4 heteroatoms. The Kier molecular flexibility index (Phi) is 8.75. The molecule has 0 radical (unpaired) electrons. The number of aryl methyl sites for hydroxylation is 1. The predicted octanol–water partition coefficient (Wildman–Crippen LogP) is 3.71. The fourth-order valence-corrected chi connectivity index (χ4v) is 4.02. The van der Waals surface area contributed by atoms with E-state index < -0.39 is 0 Å². The zero-order valence-electron chi connectivity index (χ0n) is 17.5. The van der Waals surface area contributed by atoms with Crippen LogP contribution in [0.5, 0.6) is 5.75 Å². The largest absolute Gasteiger partial charge is 0.497 e. The summed E-state index contributed by atoms with van der Waals surface area (Å²) in [7, 11) is 1.69. The van der Waals surface area contributed by atoms with Crippen molar-refractivity contribution in [2.45, 2.75) is 25.3 Å². The zero-order valence-corrected chi connectivity index (χ0v) is 17.5. The van der Waals surface area contributed by atoms with E-state index in [0.717, 1.165) is 51.3 Å². The van der Waals surface area contributed by atoms with Crippen LogP contribution >= 0.6 is 0 Å². The summed E-state index contributed by atoms with van der Waals surface area (Å²) in [4.78, 5) is 5.07. The van der Waals surface area contributed by atoms with Gasteiger partial charge in [-0.3, -0.25) is 9.80 Å². The van der Waals surface area contributed by atoms with E-state index in [9.17, 15) is 5.11 Å². The minimum atomic E-state index is 0.259. The van der Waals surface area contributed by atoms with Gasteiger partial charge in [0.15, 0.2) is 0 Å². The van der Waals surface area contributed by atoms with Gasteiger partial charge in [-0.1, -0.05) is 54.6 Å². The van der Waals surface area contributed by atoms with Gasteiger partial charge in [0.2, 0.25) is 0 Å². The summed E-state index contributed by atoms with van der Waals surface area (Å²) >= 11 is 0. The van der Waals surface area contributed by atoms with Gasteiger partial charge in [-0.25, -0.2) is 0 Å². The van der Waals surface area contributed by atoms with Gasteiger partial charge in [-0.2, -0.15) is 0 Å². The van der Waals surface area contributed by atoms with Crippen LogP contribution < -0.4 is 4.74 Å². The maximum Gasteiger partial charge on any atom is 0.118 e. The summed E-state index contributed by atoms with van der Waals surface area (Å²) in [5.41, 5.74) is 2.60. The van der Waals surface area contributed by atoms with Crippen molar-refractivity contribution in [1.82, 2.24) is 9.80 Å². The molecule has 1 aliphatic rings. The van der Waals surface area contributed by atoms with E-state index in [1.165, 1.54) is 17.5 Å². The van der Waals surface area contributed by atoms with Crippen LogP contribution in [-0.4, -0.2) is 67.4 Å². The van der Waals surface area contributed by atoms with E-state index in [1.807, 2.05) is 12.1 Å². The summed E-state index contributed by atoms with van der Waals surface area (Å²) in [5, 5.41) is 9.52. The molecule has 0 spiro atoms. The summed E-state index contributed by atoms with van der Waals surface area (Å²) in [6.07, 6.45) is 7.56. The van der Waals surface area contributed by atoms with Crippen LogP contribution in [0.25, 0.3) is 6.08 Å². The third kappa shape index (κ3) is 7.00. The van der Waals surface area contributed by atoms with E-state index >= 15 is 0 Å². The normalized spacial score (nSPS) is 18.3. The average Bonchev–Trinajstić information content (AvgIpc) is 2.76. The fraction of sp³-hybridized carbons (Fsp3) is 0.440. The Hall–Kier alpha value is -2.14. The lowest BCUT2D eigenvalue weighted by molar-refractivity contribution is 0.0646. The highest BCUT2D eigenvalue weighted by atomic mass is 16.5. The Morgan fingerprint density at radius 3 is 2.59 bits per heavy atom. The van der Waals surface area contributed by atoms with Crippen molar-refractivity contribution in [3.05, 3.63) is 71.8 Å². The van der Waals surface area contributed by atoms with Gasteiger partial charge >= 0.3 is 0 Å². The summed E-state index contributed by atoms with van der Waals surface area (Å²) in [6, 6.07) is 19.3. The molecule has 156 valence electrons. The molecule has 1 unspecified atom stereocenters. The fourth-order valence-electron chi connectivity index (χ4n) is 4.02. The Bertz CT molecular complexity index is 730. The highest BCUT2D eigenvalue weighted by Crippen LogP contribution is 2.16. The van der Waals surface area contributed by atoms with Crippen LogP contribution in [0.1, 0.15) is 24.0 Å². The van der Waals surface area contributed by atoms with E-state index in [1.54, 1.807) is 7.11 Å². The molecule has 1 heterocycles. The first-order chi connectivity index (χ1) is 14.3. The first kappa shape index (κ1) is 21.6. The number of benzene rings is 2. The van der Waals surface area contributed by atoms with Gasteiger partial charge in [-0.05, 0) is 49.1 Å². The van der Waals surface area contributed by atoms with E-state index in [4.69, 9.17) is 4.74 Å². The number of piperazine rings is 1. The number of hydrogen-bond acceptors (Lipinski definition) is 4. The van der Waals surface area contributed by atoms with Gasteiger partial charge in [0, 0.05) is 38.8 Å². The molecule has 0 amide bonds. The third-order valence-corrected chi connectivity index (χ3v) is 5.69. The molecular formula is C25H34N2O2. The topological polar surface area (TPSA) is 35.9 Å². The Labute approximate surface area is 175 Å². The van der Waals surface area contributed by atoms with Crippen molar-refractivity contribution in [2.24, 2.45) is 0 Å². The maximum atomic E-state index is 9.52. The number of aliphatic hydroxyl groups is 1. The quantitative estimate of drug-likeness (QED) is 0.666. The van der Waals surface area contributed by atoms with Crippen molar-refractivity contribution in [1.29, 1.82) is 0 Å². The average molecular weight is 395 g/mol. The molecule has 1 saturated heterocycles.